The normalized spacial score (nSPS) is 15.4. The van der Waals surface area contributed by atoms with Crippen LogP contribution in [0.2, 0.25) is 0 Å². The molecule has 1 aliphatic rings. The first-order valence-electron chi connectivity index (χ1n) is 8.80. The molecule has 0 atom stereocenters. The average molecular weight is 332 g/mol. The van der Waals surface area contributed by atoms with Crippen molar-refractivity contribution in [3.63, 3.8) is 0 Å². The molecule has 2 aromatic heterocycles. The van der Waals surface area contributed by atoms with Crippen LogP contribution in [-0.4, -0.2) is 15.5 Å². The second kappa shape index (κ2) is 6.21. The summed E-state index contributed by atoms with van der Waals surface area (Å²) in [5.41, 5.74) is 2.21. The van der Waals surface area contributed by atoms with Gasteiger partial charge in [0, 0.05) is 23.7 Å². The van der Waals surface area contributed by atoms with E-state index in [1.165, 1.54) is 26.2 Å². The van der Waals surface area contributed by atoms with Gasteiger partial charge in [0.15, 0.2) is 0 Å². The molecule has 0 aliphatic heterocycles. The molecule has 5 nitrogen and oxygen atoms in total. The Morgan fingerprint density at radius 3 is 2.76 bits per heavy atom. The summed E-state index contributed by atoms with van der Waals surface area (Å²) in [7, 11) is 0. The van der Waals surface area contributed by atoms with Crippen molar-refractivity contribution in [2.75, 3.05) is 5.32 Å². The third-order valence-corrected chi connectivity index (χ3v) is 5.03. The maximum Gasteiger partial charge on any atom is 0.222 e. The molecule has 0 bridgehead atoms. The third-order valence-electron chi connectivity index (χ3n) is 5.03. The van der Waals surface area contributed by atoms with Crippen molar-refractivity contribution in [3.8, 4) is 6.07 Å². The molecule has 0 saturated heterocycles. The summed E-state index contributed by atoms with van der Waals surface area (Å²) in [5.74, 6) is 0.431. The van der Waals surface area contributed by atoms with Crippen molar-refractivity contribution in [1.82, 2.24) is 9.55 Å². The Labute approximate surface area is 146 Å². The largest absolute Gasteiger partial charge is 0.311 e. The van der Waals surface area contributed by atoms with Gasteiger partial charge >= 0.3 is 0 Å². The van der Waals surface area contributed by atoms with Gasteiger partial charge < -0.3 is 9.88 Å². The van der Waals surface area contributed by atoms with Crippen LogP contribution in [0.1, 0.15) is 50.6 Å². The topological polar surface area (TPSA) is 70.7 Å². The summed E-state index contributed by atoms with van der Waals surface area (Å²) in [6.45, 7) is 1.48. The van der Waals surface area contributed by atoms with Crippen LogP contribution in [0.15, 0.2) is 30.3 Å². The summed E-state index contributed by atoms with van der Waals surface area (Å²) >= 11 is 0. The van der Waals surface area contributed by atoms with Gasteiger partial charge in [-0.2, -0.15) is 5.26 Å². The Hall–Kier alpha value is -2.87. The van der Waals surface area contributed by atoms with E-state index in [0.29, 0.717) is 11.4 Å². The molecule has 1 saturated carbocycles. The summed E-state index contributed by atoms with van der Waals surface area (Å²) in [4.78, 5) is 16.6. The Kier molecular flexibility index (Phi) is 3.89. The zero-order chi connectivity index (χ0) is 17.4. The zero-order valence-electron chi connectivity index (χ0n) is 14.2. The van der Waals surface area contributed by atoms with Crippen LogP contribution < -0.4 is 5.32 Å². The molecule has 1 fully saturated rings. The fourth-order valence-electron chi connectivity index (χ4n) is 3.92. The molecule has 1 amide bonds. The van der Waals surface area contributed by atoms with Crippen molar-refractivity contribution in [2.45, 2.75) is 45.1 Å². The minimum absolute atomic E-state index is 0.166. The fraction of sp³-hybridized carbons (Fsp3) is 0.350. The predicted molar refractivity (Wildman–Crippen MR) is 98.4 cm³/mol. The van der Waals surface area contributed by atoms with Crippen LogP contribution in [0.3, 0.4) is 0 Å². The third kappa shape index (κ3) is 2.64. The number of nitrogens with one attached hydrogen (secondary N) is 1. The second-order valence-electron chi connectivity index (χ2n) is 6.73. The molecular formula is C20H20N4O. The van der Waals surface area contributed by atoms with E-state index in [1.54, 1.807) is 0 Å². The Morgan fingerprint density at radius 1 is 1.28 bits per heavy atom. The van der Waals surface area contributed by atoms with E-state index in [0.717, 1.165) is 34.8 Å². The summed E-state index contributed by atoms with van der Waals surface area (Å²) in [5, 5.41) is 14.5. The second-order valence-corrected chi connectivity index (χ2v) is 6.73. The first kappa shape index (κ1) is 15.6. The SMILES string of the molecule is CC(=O)Nc1c(C#N)c2cc3ccccc3nc2n1C1CCCCC1. The van der Waals surface area contributed by atoms with Gasteiger partial charge in [0.2, 0.25) is 5.91 Å². The minimum atomic E-state index is -0.166. The summed E-state index contributed by atoms with van der Waals surface area (Å²) in [6.07, 6.45) is 5.68. The van der Waals surface area contributed by atoms with E-state index in [4.69, 9.17) is 4.98 Å². The van der Waals surface area contributed by atoms with Gasteiger partial charge in [0.05, 0.1) is 5.52 Å². The summed E-state index contributed by atoms with van der Waals surface area (Å²) in [6, 6.07) is 12.5. The molecular weight excluding hydrogens is 312 g/mol. The van der Waals surface area contributed by atoms with E-state index < -0.39 is 0 Å². The molecule has 25 heavy (non-hydrogen) atoms. The van der Waals surface area contributed by atoms with Gasteiger partial charge in [-0.15, -0.1) is 0 Å². The van der Waals surface area contributed by atoms with Crippen LogP contribution in [-0.2, 0) is 4.79 Å². The van der Waals surface area contributed by atoms with Crippen molar-refractivity contribution in [3.05, 3.63) is 35.9 Å². The Bertz CT molecular complexity index is 1010. The van der Waals surface area contributed by atoms with Gasteiger partial charge in [-0.25, -0.2) is 4.98 Å². The summed E-state index contributed by atoms with van der Waals surface area (Å²) < 4.78 is 2.10. The fourth-order valence-corrected chi connectivity index (χ4v) is 3.92. The average Bonchev–Trinajstić information content (AvgIpc) is 2.91. The van der Waals surface area contributed by atoms with E-state index in [-0.39, 0.29) is 11.9 Å². The minimum Gasteiger partial charge on any atom is -0.311 e. The number of anilines is 1. The van der Waals surface area contributed by atoms with Crippen molar-refractivity contribution in [1.29, 1.82) is 5.26 Å². The highest BCUT2D eigenvalue weighted by molar-refractivity contribution is 6.01. The van der Waals surface area contributed by atoms with E-state index in [2.05, 4.69) is 16.0 Å². The Morgan fingerprint density at radius 2 is 2.04 bits per heavy atom. The van der Waals surface area contributed by atoms with E-state index in [9.17, 15) is 10.1 Å². The molecule has 0 radical (unpaired) electrons. The van der Waals surface area contributed by atoms with Gasteiger partial charge in [0.1, 0.15) is 23.1 Å². The highest BCUT2D eigenvalue weighted by Crippen LogP contribution is 2.38. The van der Waals surface area contributed by atoms with Crippen molar-refractivity contribution < 1.29 is 4.79 Å². The molecule has 0 spiro atoms. The number of nitrogens with zero attached hydrogens (tertiary/aromatic N) is 3. The van der Waals surface area contributed by atoms with Gasteiger partial charge in [0.25, 0.3) is 0 Å². The number of carbonyl (C=O) groups excluding carboxylic acids is 1. The molecule has 2 heterocycles. The van der Waals surface area contributed by atoms with Crippen LogP contribution in [0.25, 0.3) is 21.9 Å². The number of pyridine rings is 1. The number of rotatable bonds is 2. The lowest BCUT2D eigenvalue weighted by atomic mass is 9.95. The smallest absolute Gasteiger partial charge is 0.222 e. The molecule has 4 rings (SSSR count). The highest BCUT2D eigenvalue weighted by atomic mass is 16.1. The number of nitriles is 1. The number of amides is 1. The van der Waals surface area contributed by atoms with Gasteiger partial charge in [-0.05, 0) is 25.0 Å². The maximum atomic E-state index is 11.8. The van der Waals surface area contributed by atoms with Gasteiger partial charge in [-0.1, -0.05) is 37.5 Å². The number of carbonyl (C=O) groups is 1. The van der Waals surface area contributed by atoms with Crippen molar-refractivity contribution in [2.24, 2.45) is 0 Å². The zero-order valence-corrected chi connectivity index (χ0v) is 14.2. The highest BCUT2D eigenvalue weighted by Gasteiger charge is 2.26. The number of para-hydroxylation sites is 1. The number of benzene rings is 1. The molecule has 126 valence electrons. The molecule has 1 N–H and O–H groups in total. The maximum absolute atomic E-state index is 11.8. The first-order valence-corrected chi connectivity index (χ1v) is 8.80. The lowest BCUT2D eigenvalue weighted by Crippen LogP contribution is -2.18. The quantitative estimate of drug-likeness (QED) is 0.749. The lowest BCUT2D eigenvalue weighted by molar-refractivity contribution is -0.114. The van der Waals surface area contributed by atoms with Crippen LogP contribution >= 0.6 is 0 Å². The monoisotopic (exact) mass is 332 g/mol. The van der Waals surface area contributed by atoms with Crippen LogP contribution in [0.4, 0.5) is 5.82 Å². The predicted octanol–water partition coefficient (Wildman–Crippen LogP) is 4.52. The standard InChI is InChI=1S/C20H20N4O/c1-13(25)22-20-17(12-21)16-11-14-7-5-6-10-18(14)23-19(16)24(20)15-8-3-2-4-9-15/h5-7,10-11,15H,2-4,8-9H2,1H3,(H,22,25). The Balaban J connectivity index is 2.05. The number of hydrogen-bond donors (Lipinski definition) is 1. The number of fused-ring (bicyclic) bond motifs is 2. The molecule has 1 aliphatic carbocycles. The number of aromatic nitrogens is 2. The lowest BCUT2D eigenvalue weighted by Gasteiger charge is -2.26. The molecule has 0 unspecified atom stereocenters. The van der Waals surface area contributed by atoms with E-state index in [1.807, 2.05) is 30.3 Å². The van der Waals surface area contributed by atoms with Gasteiger partial charge in [-0.3, -0.25) is 4.79 Å². The molecule has 3 aromatic rings. The first-order chi connectivity index (χ1) is 12.2. The molecule has 1 aromatic carbocycles. The number of hydrogen-bond acceptors (Lipinski definition) is 3. The van der Waals surface area contributed by atoms with Crippen molar-refractivity contribution >= 4 is 33.7 Å². The molecule has 5 heteroatoms. The van der Waals surface area contributed by atoms with E-state index >= 15 is 0 Å². The van der Waals surface area contributed by atoms with Crippen LogP contribution in [0.5, 0.6) is 0 Å². The van der Waals surface area contributed by atoms with Crippen LogP contribution in [0, 0.1) is 11.3 Å².